The summed E-state index contributed by atoms with van der Waals surface area (Å²) in [7, 11) is 3.02. The van der Waals surface area contributed by atoms with Crippen molar-refractivity contribution in [1.82, 2.24) is 15.5 Å². The molecular weight excluding hydrogens is 614 g/mol. The van der Waals surface area contributed by atoms with Crippen molar-refractivity contribution in [1.29, 1.82) is 0 Å². The summed E-state index contributed by atoms with van der Waals surface area (Å²) in [6, 6.07) is 15.3. The molecule has 0 saturated carbocycles. The summed E-state index contributed by atoms with van der Waals surface area (Å²) in [5.74, 6) is 2.96. The number of benzene rings is 3. The van der Waals surface area contributed by atoms with E-state index in [0.29, 0.717) is 54.1 Å². The first-order valence-corrected chi connectivity index (χ1v) is 15.9. The Bertz CT molecular complexity index is 1620. The molecule has 1 saturated heterocycles. The van der Waals surface area contributed by atoms with Crippen LogP contribution in [0.1, 0.15) is 22.3 Å². The molecule has 0 aromatic heterocycles. The number of hydrogen-bond acceptors (Lipinski definition) is 10. The Kier molecular flexibility index (Phi) is 9.57. The van der Waals surface area contributed by atoms with Crippen LogP contribution in [-0.4, -0.2) is 87.6 Å². The molecule has 2 atom stereocenters. The molecule has 0 aliphatic carbocycles. The number of thioether (sulfide) groups is 1. The third-order valence-electron chi connectivity index (χ3n) is 7.80. The summed E-state index contributed by atoms with van der Waals surface area (Å²) < 4.78 is 34.3. The summed E-state index contributed by atoms with van der Waals surface area (Å²) >= 11 is 1.57. The van der Waals surface area contributed by atoms with Gasteiger partial charge >= 0.3 is 0 Å². The Balaban J connectivity index is 1.19. The van der Waals surface area contributed by atoms with Crippen LogP contribution < -0.4 is 39.1 Å². The first-order chi connectivity index (χ1) is 22.4. The zero-order valence-electron chi connectivity index (χ0n) is 25.5. The van der Waals surface area contributed by atoms with Gasteiger partial charge in [-0.3, -0.25) is 14.4 Å². The Morgan fingerprint density at radius 1 is 0.935 bits per heavy atom. The van der Waals surface area contributed by atoms with Gasteiger partial charge in [0.2, 0.25) is 5.91 Å². The smallest absolute Gasteiger partial charge is 0.258 e. The molecule has 13 heteroatoms. The van der Waals surface area contributed by atoms with Crippen LogP contribution >= 0.6 is 11.8 Å². The third-order valence-corrected chi connectivity index (χ3v) is 8.80. The summed E-state index contributed by atoms with van der Waals surface area (Å²) in [6.07, 6.45) is -0.234. The number of fused-ring (bicyclic) bond motifs is 8. The van der Waals surface area contributed by atoms with Crippen molar-refractivity contribution in [2.75, 3.05) is 52.9 Å². The Labute approximate surface area is 270 Å². The van der Waals surface area contributed by atoms with Crippen molar-refractivity contribution in [2.45, 2.75) is 30.0 Å². The largest absolute Gasteiger partial charge is 0.497 e. The number of nitrogens with zero attached hydrogens (tertiary/aromatic N) is 1. The van der Waals surface area contributed by atoms with Crippen molar-refractivity contribution < 1.29 is 42.8 Å². The van der Waals surface area contributed by atoms with Gasteiger partial charge in [-0.2, -0.15) is 0 Å². The molecule has 46 heavy (non-hydrogen) atoms. The van der Waals surface area contributed by atoms with Crippen molar-refractivity contribution in [3.63, 3.8) is 0 Å². The number of nitrogens with one attached hydrogen (secondary N) is 2. The Morgan fingerprint density at radius 2 is 1.78 bits per heavy atom. The number of carbonyl (C=O) groups excluding carboxylic acids is 3. The molecule has 4 heterocycles. The van der Waals surface area contributed by atoms with E-state index in [9.17, 15) is 14.4 Å². The van der Waals surface area contributed by atoms with Gasteiger partial charge in [0, 0.05) is 53.4 Å². The molecule has 3 aromatic carbocycles. The third kappa shape index (κ3) is 7.36. The second kappa shape index (κ2) is 14.1. The lowest BCUT2D eigenvalue weighted by Crippen LogP contribution is -2.45. The molecular formula is C33H35N3O9S. The Hall–Kier alpha value is -4.78. The van der Waals surface area contributed by atoms with Crippen molar-refractivity contribution in [3.8, 4) is 34.5 Å². The quantitative estimate of drug-likeness (QED) is 0.384. The van der Waals surface area contributed by atoms with E-state index in [4.69, 9.17) is 28.4 Å². The number of amides is 3. The Morgan fingerprint density at radius 3 is 2.61 bits per heavy atom. The van der Waals surface area contributed by atoms with Crippen molar-refractivity contribution in [2.24, 2.45) is 0 Å². The standard InChI is InChI=1S/C33H35N3O9S/c1-40-23-11-21-12-24(13-23)44-19-31(37)34-16-20-3-4-22(14-28(20)41-2)45-30-18-36(17-26(30)35-33(21)39)32(38)7-10-46-25-5-6-27-29(15-25)43-9-8-42-27/h3-6,11-15,26,30H,7-10,16-19H2,1-2H3,(H,34,37)(H,35,39)/t26-,30-/m0/s1. The van der Waals surface area contributed by atoms with Crippen LogP contribution in [0.2, 0.25) is 0 Å². The van der Waals surface area contributed by atoms with Gasteiger partial charge in [-0.05, 0) is 42.5 Å². The molecule has 4 aliphatic heterocycles. The highest BCUT2D eigenvalue weighted by Gasteiger charge is 2.38. The molecule has 12 nitrogen and oxygen atoms in total. The number of rotatable bonds is 6. The predicted octanol–water partition coefficient (Wildman–Crippen LogP) is 3.05. The maximum Gasteiger partial charge on any atom is 0.258 e. The van der Waals surface area contributed by atoms with Crippen LogP contribution in [0.4, 0.5) is 0 Å². The number of likely N-dealkylation sites (tertiary alicyclic amines) is 1. The zero-order chi connectivity index (χ0) is 32.0. The topological polar surface area (TPSA) is 134 Å². The molecule has 7 rings (SSSR count). The molecule has 0 unspecified atom stereocenters. The van der Waals surface area contributed by atoms with Crippen molar-refractivity contribution in [3.05, 3.63) is 65.7 Å². The predicted molar refractivity (Wildman–Crippen MR) is 168 cm³/mol. The first kappa shape index (κ1) is 31.2. The van der Waals surface area contributed by atoms with E-state index in [1.165, 1.54) is 14.2 Å². The fourth-order valence-electron chi connectivity index (χ4n) is 5.43. The minimum absolute atomic E-state index is 0.0433. The molecule has 242 valence electrons. The summed E-state index contributed by atoms with van der Waals surface area (Å²) in [4.78, 5) is 42.1. The van der Waals surface area contributed by atoms with Gasteiger partial charge in [-0.15, -0.1) is 11.8 Å². The van der Waals surface area contributed by atoms with Crippen LogP contribution in [0, 0.1) is 0 Å². The van der Waals surface area contributed by atoms with E-state index >= 15 is 0 Å². The van der Waals surface area contributed by atoms with Gasteiger partial charge in [0.15, 0.2) is 18.1 Å². The van der Waals surface area contributed by atoms with Gasteiger partial charge in [-0.25, -0.2) is 0 Å². The highest BCUT2D eigenvalue weighted by molar-refractivity contribution is 7.99. The van der Waals surface area contributed by atoms with Crippen LogP contribution in [0.25, 0.3) is 0 Å². The number of carbonyl (C=O) groups is 3. The van der Waals surface area contributed by atoms with Crippen LogP contribution in [-0.2, 0) is 16.1 Å². The molecule has 3 amide bonds. The average Bonchev–Trinajstić information content (AvgIpc) is 3.47. The highest BCUT2D eigenvalue weighted by atomic mass is 32.2. The van der Waals surface area contributed by atoms with Gasteiger partial charge < -0.3 is 44.0 Å². The SMILES string of the molecule is COc1cc2cc(c1)C(=O)N[C@H]1CN(C(=O)CCSc3ccc4c(c3)OCCO4)C[C@@H]1Oc1ccc(c(OC)c1)CNC(=O)CO2. The van der Waals surface area contributed by atoms with Gasteiger partial charge in [0.1, 0.15) is 42.3 Å². The van der Waals surface area contributed by atoms with E-state index in [2.05, 4.69) is 10.6 Å². The highest BCUT2D eigenvalue weighted by Crippen LogP contribution is 2.35. The van der Waals surface area contributed by atoms with E-state index in [-0.39, 0.29) is 43.6 Å². The summed E-state index contributed by atoms with van der Waals surface area (Å²) in [6.45, 7) is 1.55. The zero-order valence-corrected chi connectivity index (χ0v) is 26.4. The maximum absolute atomic E-state index is 13.5. The molecule has 3 aromatic rings. The molecule has 1 fully saturated rings. The molecule has 0 spiro atoms. The van der Waals surface area contributed by atoms with E-state index in [1.54, 1.807) is 47.0 Å². The number of ether oxygens (including phenoxy) is 6. The second-order valence-corrected chi connectivity index (χ2v) is 12.0. The lowest BCUT2D eigenvalue weighted by molar-refractivity contribution is -0.130. The monoisotopic (exact) mass is 649 g/mol. The average molecular weight is 650 g/mol. The number of methoxy groups -OCH3 is 2. The molecule has 4 aliphatic rings. The van der Waals surface area contributed by atoms with E-state index < -0.39 is 18.1 Å². The normalized spacial score (nSPS) is 19.1. The van der Waals surface area contributed by atoms with Gasteiger partial charge in [-0.1, -0.05) is 0 Å². The molecule has 4 bridgehead atoms. The fraction of sp³-hybridized carbons (Fsp3) is 0.364. The van der Waals surface area contributed by atoms with Crippen LogP contribution in [0.5, 0.6) is 34.5 Å². The van der Waals surface area contributed by atoms with Crippen LogP contribution in [0.3, 0.4) is 0 Å². The summed E-state index contributed by atoms with van der Waals surface area (Å²) in [5.41, 5.74) is 1.03. The second-order valence-electron chi connectivity index (χ2n) is 10.9. The van der Waals surface area contributed by atoms with E-state index in [0.717, 1.165) is 16.2 Å². The number of hydrogen-bond donors (Lipinski definition) is 2. The lowest BCUT2D eigenvalue weighted by Gasteiger charge is -2.22. The van der Waals surface area contributed by atoms with Crippen molar-refractivity contribution >= 4 is 29.5 Å². The van der Waals surface area contributed by atoms with E-state index in [1.807, 2.05) is 24.3 Å². The first-order valence-electron chi connectivity index (χ1n) is 14.9. The molecule has 0 radical (unpaired) electrons. The minimum Gasteiger partial charge on any atom is -0.497 e. The summed E-state index contributed by atoms with van der Waals surface area (Å²) in [5, 5.41) is 5.86. The minimum atomic E-state index is -0.536. The maximum atomic E-state index is 13.5. The molecule has 2 N–H and O–H groups in total. The van der Waals surface area contributed by atoms with Gasteiger partial charge in [0.25, 0.3) is 11.8 Å². The van der Waals surface area contributed by atoms with Crippen LogP contribution in [0.15, 0.2) is 59.5 Å². The fourth-order valence-corrected chi connectivity index (χ4v) is 6.30. The van der Waals surface area contributed by atoms with Gasteiger partial charge in [0.05, 0.1) is 26.8 Å². The lowest BCUT2D eigenvalue weighted by atomic mass is 10.1.